The Bertz CT molecular complexity index is 1210. The Balaban J connectivity index is 1.70. The smallest absolute Gasteiger partial charge is 0.254 e. The number of pyridine rings is 1. The minimum atomic E-state index is -0.314. The van der Waals surface area contributed by atoms with Gasteiger partial charge >= 0.3 is 0 Å². The average molecular weight is 475 g/mol. The van der Waals surface area contributed by atoms with E-state index in [0.717, 1.165) is 30.5 Å². The number of carbonyl (C=O) groups is 2. The molecule has 0 saturated heterocycles. The van der Waals surface area contributed by atoms with E-state index in [9.17, 15) is 14.7 Å². The summed E-state index contributed by atoms with van der Waals surface area (Å²) >= 11 is 0. The van der Waals surface area contributed by atoms with Crippen LogP contribution in [-0.4, -0.2) is 56.7 Å². The molecule has 2 aromatic heterocycles. The van der Waals surface area contributed by atoms with Crippen molar-refractivity contribution in [1.29, 1.82) is 0 Å². The van der Waals surface area contributed by atoms with Crippen molar-refractivity contribution in [3.63, 3.8) is 0 Å². The van der Waals surface area contributed by atoms with Crippen molar-refractivity contribution in [3.05, 3.63) is 66.4 Å². The van der Waals surface area contributed by atoms with E-state index < -0.39 is 0 Å². The standard InChI is InChI=1S/C26H30N6O3/c1-3-10-32(11-12-33)26(35)19-14-21(18-6-5-7-20(13-18)27-25(34)4-2)28-23(15-19)29-24-16-22(30-31-24)17-8-9-17/h4-7,13-17,33H,2-3,8-12H2,1H3,(H,27,34)(H2,28,29,30,31). The zero-order chi connectivity index (χ0) is 24.8. The number of aliphatic hydroxyl groups is 1. The average Bonchev–Trinajstić information content (AvgIpc) is 3.62. The van der Waals surface area contributed by atoms with Gasteiger partial charge in [-0.25, -0.2) is 4.98 Å². The third kappa shape index (κ3) is 6.13. The van der Waals surface area contributed by atoms with Gasteiger partial charge in [-0.15, -0.1) is 0 Å². The first kappa shape index (κ1) is 24.2. The summed E-state index contributed by atoms with van der Waals surface area (Å²) in [5, 5.41) is 22.8. The SMILES string of the molecule is C=CC(=O)Nc1cccc(-c2cc(C(=O)N(CCC)CCO)cc(Nc3cc(C4CC4)[nH]n3)n2)c1. The van der Waals surface area contributed by atoms with Crippen LogP contribution in [0.4, 0.5) is 17.3 Å². The van der Waals surface area contributed by atoms with E-state index in [0.29, 0.717) is 41.0 Å². The molecule has 182 valence electrons. The molecular weight excluding hydrogens is 444 g/mol. The Labute approximate surface area is 204 Å². The fraction of sp³-hybridized carbons (Fsp3) is 0.308. The largest absolute Gasteiger partial charge is 0.395 e. The topological polar surface area (TPSA) is 123 Å². The van der Waals surface area contributed by atoms with E-state index in [4.69, 9.17) is 4.98 Å². The van der Waals surface area contributed by atoms with Gasteiger partial charge in [0, 0.05) is 47.6 Å². The van der Waals surface area contributed by atoms with Gasteiger partial charge in [-0.05, 0) is 49.6 Å². The number of aromatic nitrogens is 3. The molecule has 1 aromatic carbocycles. The zero-order valence-electron chi connectivity index (χ0n) is 19.8. The number of benzene rings is 1. The summed E-state index contributed by atoms with van der Waals surface area (Å²) < 4.78 is 0. The molecule has 3 aromatic rings. The van der Waals surface area contributed by atoms with Gasteiger partial charge < -0.3 is 20.6 Å². The van der Waals surface area contributed by atoms with Crippen molar-refractivity contribution < 1.29 is 14.7 Å². The molecule has 4 rings (SSSR count). The van der Waals surface area contributed by atoms with Crippen LogP contribution in [0.3, 0.4) is 0 Å². The summed E-state index contributed by atoms with van der Waals surface area (Å²) in [6, 6.07) is 12.6. The Morgan fingerprint density at radius 2 is 2.03 bits per heavy atom. The van der Waals surface area contributed by atoms with Crippen molar-refractivity contribution in [3.8, 4) is 11.3 Å². The minimum absolute atomic E-state index is 0.114. The Morgan fingerprint density at radius 3 is 2.74 bits per heavy atom. The Kier molecular flexibility index (Phi) is 7.57. The number of aliphatic hydroxyl groups excluding tert-OH is 1. The maximum Gasteiger partial charge on any atom is 0.254 e. The van der Waals surface area contributed by atoms with Gasteiger partial charge in [-0.3, -0.25) is 14.7 Å². The fourth-order valence-corrected chi connectivity index (χ4v) is 3.84. The van der Waals surface area contributed by atoms with Crippen LogP contribution in [0.5, 0.6) is 0 Å². The molecule has 9 heteroatoms. The van der Waals surface area contributed by atoms with Crippen LogP contribution in [0.1, 0.15) is 48.2 Å². The molecule has 0 radical (unpaired) electrons. The molecule has 35 heavy (non-hydrogen) atoms. The van der Waals surface area contributed by atoms with E-state index in [2.05, 4.69) is 27.4 Å². The van der Waals surface area contributed by atoms with Gasteiger partial charge in [0.15, 0.2) is 5.82 Å². The Morgan fingerprint density at radius 1 is 1.20 bits per heavy atom. The van der Waals surface area contributed by atoms with Crippen molar-refractivity contribution in [2.24, 2.45) is 0 Å². The van der Waals surface area contributed by atoms with Gasteiger partial charge in [0.2, 0.25) is 5.91 Å². The number of nitrogens with one attached hydrogen (secondary N) is 3. The lowest BCUT2D eigenvalue weighted by atomic mass is 10.1. The number of rotatable bonds is 11. The fourth-order valence-electron chi connectivity index (χ4n) is 3.84. The lowest BCUT2D eigenvalue weighted by Gasteiger charge is -2.21. The van der Waals surface area contributed by atoms with Gasteiger partial charge in [0.1, 0.15) is 5.82 Å². The number of aromatic amines is 1. The van der Waals surface area contributed by atoms with Gasteiger partial charge in [-0.1, -0.05) is 25.6 Å². The van der Waals surface area contributed by atoms with E-state index >= 15 is 0 Å². The molecule has 0 bridgehead atoms. The molecule has 1 aliphatic carbocycles. The molecule has 1 fully saturated rings. The number of nitrogens with zero attached hydrogens (tertiary/aromatic N) is 3. The van der Waals surface area contributed by atoms with Crippen molar-refractivity contribution in [2.75, 3.05) is 30.3 Å². The van der Waals surface area contributed by atoms with E-state index in [1.807, 2.05) is 25.1 Å². The van der Waals surface area contributed by atoms with Gasteiger partial charge in [0.05, 0.1) is 12.3 Å². The summed E-state index contributed by atoms with van der Waals surface area (Å²) in [6.07, 6.45) is 4.29. The third-order valence-corrected chi connectivity index (χ3v) is 5.71. The summed E-state index contributed by atoms with van der Waals surface area (Å²) in [7, 11) is 0. The lowest BCUT2D eigenvalue weighted by Crippen LogP contribution is -2.34. The van der Waals surface area contributed by atoms with Gasteiger partial charge in [0.25, 0.3) is 5.91 Å². The van der Waals surface area contributed by atoms with E-state index in [-0.39, 0.29) is 25.0 Å². The molecule has 9 nitrogen and oxygen atoms in total. The van der Waals surface area contributed by atoms with Crippen molar-refractivity contribution in [2.45, 2.75) is 32.1 Å². The van der Waals surface area contributed by atoms with E-state index in [1.165, 1.54) is 6.08 Å². The van der Waals surface area contributed by atoms with E-state index in [1.54, 1.807) is 29.2 Å². The Hall–Kier alpha value is -3.98. The van der Waals surface area contributed by atoms with Gasteiger partial charge in [-0.2, -0.15) is 5.10 Å². The highest BCUT2D eigenvalue weighted by atomic mass is 16.3. The molecule has 2 heterocycles. The van der Waals surface area contributed by atoms with Crippen molar-refractivity contribution >= 4 is 29.1 Å². The first-order valence-corrected chi connectivity index (χ1v) is 11.8. The van der Waals surface area contributed by atoms with Crippen LogP contribution in [-0.2, 0) is 4.79 Å². The maximum atomic E-state index is 13.3. The van der Waals surface area contributed by atoms with Crippen LogP contribution in [0, 0.1) is 0 Å². The molecule has 0 aliphatic heterocycles. The second-order valence-corrected chi connectivity index (χ2v) is 8.52. The molecule has 1 saturated carbocycles. The molecule has 0 atom stereocenters. The maximum absolute atomic E-state index is 13.3. The number of hydrogen-bond donors (Lipinski definition) is 4. The highest BCUT2D eigenvalue weighted by Crippen LogP contribution is 2.39. The first-order valence-electron chi connectivity index (χ1n) is 11.8. The number of hydrogen-bond acceptors (Lipinski definition) is 6. The lowest BCUT2D eigenvalue weighted by molar-refractivity contribution is -0.111. The molecular formula is C26H30N6O3. The minimum Gasteiger partial charge on any atom is -0.395 e. The number of H-pyrrole nitrogens is 1. The normalized spacial score (nSPS) is 12.7. The summed E-state index contributed by atoms with van der Waals surface area (Å²) in [4.78, 5) is 31.4. The molecule has 1 aliphatic rings. The molecule has 2 amide bonds. The van der Waals surface area contributed by atoms with Crippen LogP contribution in [0.2, 0.25) is 0 Å². The summed E-state index contributed by atoms with van der Waals surface area (Å²) in [5.41, 5.74) is 3.41. The zero-order valence-corrected chi connectivity index (χ0v) is 19.8. The predicted octanol–water partition coefficient (Wildman–Crippen LogP) is 4.06. The van der Waals surface area contributed by atoms with Crippen LogP contribution in [0.25, 0.3) is 11.3 Å². The summed E-state index contributed by atoms with van der Waals surface area (Å²) in [5.74, 6) is 1.13. The summed E-state index contributed by atoms with van der Waals surface area (Å²) in [6.45, 7) is 6.14. The van der Waals surface area contributed by atoms with Crippen LogP contribution < -0.4 is 10.6 Å². The second-order valence-electron chi connectivity index (χ2n) is 8.52. The number of carbonyl (C=O) groups excluding carboxylic acids is 2. The van der Waals surface area contributed by atoms with Crippen LogP contribution in [0.15, 0.2) is 55.1 Å². The molecule has 0 unspecified atom stereocenters. The monoisotopic (exact) mass is 474 g/mol. The second kappa shape index (κ2) is 11.0. The quantitative estimate of drug-likeness (QED) is 0.311. The number of amides is 2. The first-order chi connectivity index (χ1) is 17.0. The van der Waals surface area contributed by atoms with Crippen molar-refractivity contribution in [1.82, 2.24) is 20.1 Å². The highest BCUT2D eigenvalue weighted by Gasteiger charge is 2.25. The highest BCUT2D eigenvalue weighted by molar-refractivity contribution is 5.99. The number of anilines is 3. The molecule has 4 N–H and O–H groups in total. The third-order valence-electron chi connectivity index (χ3n) is 5.71. The van der Waals surface area contributed by atoms with Crippen LogP contribution >= 0.6 is 0 Å². The predicted molar refractivity (Wildman–Crippen MR) is 136 cm³/mol. The molecule has 0 spiro atoms.